The molecule has 3 aromatic heterocycles. The van der Waals surface area contributed by atoms with Crippen molar-refractivity contribution in [1.82, 2.24) is 15.2 Å². The molecule has 5 aromatic rings. The lowest BCUT2D eigenvalue weighted by molar-refractivity contribution is -0.123. The van der Waals surface area contributed by atoms with Gasteiger partial charge in [0.1, 0.15) is 5.82 Å². The van der Waals surface area contributed by atoms with E-state index in [1.54, 1.807) is 11.3 Å². The lowest BCUT2D eigenvalue weighted by atomic mass is 9.95. The fourth-order valence-corrected chi connectivity index (χ4v) is 4.85. The van der Waals surface area contributed by atoms with Gasteiger partial charge in [-0.15, -0.1) is 11.3 Å². The van der Waals surface area contributed by atoms with Crippen LogP contribution in [0.4, 0.5) is 5.82 Å². The molecule has 32 heavy (non-hydrogen) atoms. The van der Waals surface area contributed by atoms with E-state index in [2.05, 4.69) is 63.0 Å². The molecule has 2 N–H and O–H groups in total. The molecule has 0 saturated carbocycles. The van der Waals surface area contributed by atoms with Crippen molar-refractivity contribution in [3.05, 3.63) is 66.5 Å². The molecule has 0 unspecified atom stereocenters. The Labute approximate surface area is 190 Å². The SMILES string of the molecule is Cc1nc(NC(=O)C(C)(C)C)ccc1-c1cc(-c2cc3ccccc3s2)c2[nH]ncc2c1. The molecule has 0 aliphatic heterocycles. The normalized spacial score (nSPS) is 11.9. The molecule has 5 rings (SSSR count). The summed E-state index contributed by atoms with van der Waals surface area (Å²) in [5.74, 6) is 0.518. The molecule has 0 aliphatic rings. The van der Waals surface area contributed by atoms with Gasteiger partial charge in [0.15, 0.2) is 0 Å². The lowest BCUT2D eigenvalue weighted by Gasteiger charge is -2.18. The zero-order chi connectivity index (χ0) is 22.5. The second-order valence-electron chi connectivity index (χ2n) is 9.04. The van der Waals surface area contributed by atoms with E-state index in [0.29, 0.717) is 5.82 Å². The molecule has 160 valence electrons. The second-order valence-corrected chi connectivity index (χ2v) is 10.1. The number of H-pyrrole nitrogens is 1. The Balaban J connectivity index is 1.59. The number of amides is 1. The molecule has 0 saturated heterocycles. The highest BCUT2D eigenvalue weighted by Gasteiger charge is 2.22. The van der Waals surface area contributed by atoms with Crippen LogP contribution in [0.25, 0.3) is 42.6 Å². The van der Waals surface area contributed by atoms with Gasteiger partial charge in [-0.3, -0.25) is 9.89 Å². The van der Waals surface area contributed by atoms with E-state index in [1.165, 1.54) is 15.0 Å². The van der Waals surface area contributed by atoms with E-state index in [-0.39, 0.29) is 5.91 Å². The number of benzene rings is 2. The van der Waals surface area contributed by atoms with Crippen LogP contribution in [-0.2, 0) is 4.79 Å². The van der Waals surface area contributed by atoms with Gasteiger partial charge in [0.2, 0.25) is 5.91 Å². The average molecular weight is 441 g/mol. The van der Waals surface area contributed by atoms with Crippen LogP contribution in [0.5, 0.6) is 0 Å². The molecule has 0 aliphatic carbocycles. The van der Waals surface area contributed by atoms with Crippen LogP contribution in [0, 0.1) is 12.3 Å². The predicted molar refractivity (Wildman–Crippen MR) is 133 cm³/mol. The molecule has 1 amide bonds. The minimum atomic E-state index is -0.472. The van der Waals surface area contributed by atoms with Crippen LogP contribution in [-0.4, -0.2) is 21.1 Å². The Hall–Kier alpha value is -3.51. The van der Waals surface area contributed by atoms with E-state index in [0.717, 1.165) is 33.3 Å². The number of hydrogen-bond donors (Lipinski definition) is 2. The maximum absolute atomic E-state index is 12.3. The number of thiophene rings is 1. The fraction of sp³-hybridized carbons (Fsp3) is 0.192. The molecular formula is C26H24N4OS. The second kappa shape index (κ2) is 7.57. The summed E-state index contributed by atoms with van der Waals surface area (Å²) in [5.41, 5.74) is 4.65. The number of nitrogens with zero attached hydrogens (tertiary/aromatic N) is 2. The first-order chi connectivity index (χ1) is 15.3. The standard InChI is InChI=1S/C26H24N4OS/c1-15-19(9-10-23(28-15)29-25(31)26(2,3)4)17-11-18-14-27-30-24(18)20(12-17)22-13-16-7-5-6-8-21(16)32-22/h5-14H,1-4H3,(H,27,30)(H,28,29,31). The van der Waals surface area contributed by atoms with Gasteiger partial charge in [-0.05, 0) is 54.3 Å². The monoisotopic (exact) mass is 440 g/mol. The first-order valence-electron chi connectivity index (χ1n) is 10.6. The number of nitrogens with one attached hydrogen (secondary N) is 2. The Bertz CT molecular complexity index is 1440. The minimum Gasteiger partial charge on any atom is -0.310 e. The number of aryl methyl sites for hydroxylation is 1. The molecule has 0 fully saturated rings. The quantitative estimate of drug-likeness (QED) is 0.324. The average Bonchev–Trinajstić information content (AvgIpc) is 3.39. The summed E-state index contributed by atoms with van der Waals surface area (Å²) in [4.78, 5) is 18.2. The van der Waals surface area contributed by atoms with Gasteiger partial charge in [-0.25, -0.2) is 4.98 Å². The predicted octanol–water partition coefficient (Wildman–Crippen LogP) is 6.80. The van der Waals surface area contributed by atoms with Gasteiger partial charge in [0.05, 0.1) is 11.7 Å². The first-order valence-corrected chi connectivity index (χ1v) is 11.4. The topological polar surface area (TPSA) is 70.7 Å². The first kappa shape index (κ1) is 20.4. The van der Waals surface area contributed by atoms with Gasteiger partial charge in [-0.1, -0.05) is 39.0 Å². The van der Waals surface area contributed by atoms with Crippen molar-refractivity contribution >= 4 is 44.1 Å². The molecule has 0 bridgehead atoms. The number of aromatic amines is 1. The van der Waals surface area contributed by atoms with Crippen LogP contribution < -0.4 is 5.32 Å². The molecule has 0 radical (unpaired) electrons. The number of hydrogen-bond acceptors (Lipinski definition) is 4. The Kier molecular flexibility index (Phi) is 4.82. The molecule has 0 spiro atoms. The number of anilines is 1. The van der Waals surface area contributed by atoms with Crippen molar-refractivity contribution in [3.63, 3.8) is 0 Å². The van der Waals surface area contributed by atoms with E-state index in [4.69, 9.17) is 0 Å². The summed E-state index contributed by atoms with van der Waals surface area (Å²) in [7, 11) is 0. The highest BCUT2D eigenvalue weighted by atomic mass is 32.1. The van der Waals surface area contributed by atoms with Crippen LogP contribution >= 0.6 is 11.3 Å². The molecule has 2 aromatic carbocycles. The van der Waals surface area contributed by atoms with Crippen molar-refractivity contribution in [2.24, 2.45) is 5.41 Å². The molecule has 0 atom stereocenters. The van der Waals surface area contributed by atoms with Crippen LogP contribution in [0.1, 0.15) is 26.5 Å². The lowest BCUT2D eigenvalue weighted by Crippen LogP contribution is -2.28. The summed E-state index contributed by atoms with van der Waals surface area (Å²) in [6, 6.07) is 18.9. The van der Waals surface area contributed by atoms with Gasteiger partial charge in [-0.2, -0.15) is 5.10 Å². The van der Waals surface area contributed by atoms with Crippen LogP contribution in [0.3, 0.4) is 0 Å². The van der Waals surface area contributed by atoms with Gasteiger partial charge < -0.3 is 5.32 Å². The summed E-state index contributed by atoms with van der Waals surface area (Å²) >= 11 is 1.78. The maximum Gasteiger partial charge on any atom is 0.230 e. The number of aromatic nitrogens is 3. The van der Waals surface area contributed by atoms with Gasteiger partial charge in [0, 0.05) is 37.2 Å². The largest absolute Gasteiger partial charge is 0.310 e. The number of carbonyl (C=O) groups is 1. The number of pyridine rings is 1. The third-order valence-corrected chi connectivity index (χ3v) is 6.71. The molecular weight excluding hydrogens is 416 g/mol. The summed E-state index contributed by atoms with van der Waals surface area (Å²) in [6.45, 7) is 7.64. The van der Waals surface area contributed by atoms with Crippen LogP contribution in [0.15, 0.2) is 60.8 Å². The summed E-state index contributed by atoms with van der Waals surface area (Å²) in [6.07, 6.45) is 1.86. The van der Waals surface area contributed by atoms with Crippen molar-refractivity contribution in [2.45, 2.75) is 27.7 Å². The van der Waals surface area contributed by atoms with Crippen LogP contribution in [0.2, 0.25) is 0 Å². The number of rotatable bonds is 3. The molecule has 5 nitrogen and oxygen atoms in total. The Morgan fingerprint density at radius 1 is 1.00 bits per heavy atom. The Morgan fingerprint density at radius 2 is 1.81 bits per heavy atom. The highest BCUT2D eigenvalue weighted by Crippen LogP contribution is 2.39. The van der Waals surface area contributed by atoms with Crippen molar-refractivity contribution < 1.29 is 4.79 Å². The highest BCUT2D eigenvalue weighted by molar-refractivity contribution is 7.22. The summed E-state index contributed by atoms with van der Waals surface area (Å²) in [5, 5.41) is 12.7. The van der Waals surface area contributed by atoms with Gasteiger partial charge in [0.25, 0.3) is 0 Å². The van der Waals surface area contributed by atoms with E-state index in [1.807, 2.05) is 46.0 Å². The number of carbonyl (C=O) groups excluding carboxylic acids is 1. The zero-order valence-corrected chi connectivity index (χ0v) is 19.3. The third kappa shape index (κ3) is 3.67. The molecule has 6 heteroatoms. The van der Waals surface area contributed by atoms with Gasteiger partial charge >= 0.3 is 0 Å². The number of fused-ring (bicyclic) bond motifs is 2. The van der Waals surface area contributed by atoms with Crippen molar-refractivity contribution in [2.75, 3.05) is 5.32 Å². The van der Waals surface area contributed by atoms with E-state index < -0.39 is 5.41 Å². The Morgan fingerprint density at radius 3 is 2.56 bits per heavy atom. The van der Waals surface area contributed by atoms with E-state index >= 15 is 0 Å². The third-order valence-electron chi connectivity index (χ3n) is 5.56. The smallest absolute Gasteiger partial charge is 0.230 e. The van der Waals surface area contributed by atoms with Crippen molar-refractivity contribution in [1.29, 1.82) is 0 Å². The fourth-order valence-electron chi connectivity index (χ4n) is 3.76. The minimum absolute atomic E-state index is 0.0518. The molecule has 3 heterocycles. The zero-order valence-electron chi connectivity index (χ0n) is 18.5. The van der Waals surface area contributed by atoms with Crippen molar-refractivity contribution in [3.8, 4) is 21.6 Å². The summed E-state index contributed by atoms with van der Waals surface area (Å²) < 4.78 is 1.26. The maximum atomic E-state index is 12.3. The van der Waals surface area contributed by atoms with E-state index in [9.17, 15) is 4.79 Å².